The Balaban J connectivity index is 2.12. The molecule has 0 radical (unpaired) electrons. The zero-order chi connectivity index (χ0) is 8.72. The van der Waals surface area contributed by atoms with Gasteiger partial charge in [-0.25, -0.2) is 0 Å². The zero-order valence-electron chi connectivity index (χ0n) is 6.93. The van der Waals surface area contributed by atoms with E-state index < -0.39 is 18.3 Å². The van der Waals surface area contributed by atoms with Gasteiger partial charge >= 0.3 is 0 Å². The molecule has 2 aliphatic heterocycles. The summed E-state index contributed by atoms with van der Waals surface area (Å²) in [4.78, 5) is 1.98. The largest absolute Gasteiger partial charge is 0.391 e. The summed E-state index contributed by atoms with van der Waals surface area (Å²) in [5.74, 6) is 0. The molecular weight excluding hydrogens is 158 g/mol. The van der Waals surface area contributed by atoms with Crippen molar-refractivity contribution in [1.29, 1.82) is 0 Å². The van der Waals surface area contributed by atoms with E-state index in [1.165, 1.54) is 0 Å². The highest BCUT2D eigenvalue weighted by Gasteiger charge is 2.45. The zero-order valence-corrected chi connectivity index (χ0v) is 6.93. The number of nitrogens with zero attached hydrogens (tertiary/aromatic N) is 1. The second kappa shape index (κ2) is 2.96. The van der Waals surface area contributed by atoms with Crippen LogP contribution in [0.1, 0.15) is 12.8 Å². The Bertz CT molecular complexity index is 176. The smallest absolute Gasteiger partial charge is 0.0991 e. The number of aliphatic hydroxyl groups is 3. The van der Waals surface area contributed by atoms with E-state index in [-0.39, 0.29) is 6.04 Å². The summed E-state index contributed by atoms with van der Waals surface area (Å²) >= 11 is 0. The van der Waals surface area contributed by atoms with Crippen molar-refractivity contribution in [2.75, 3.05) is 13.1 Å². The quantitative estimate of drug-likeness (QED) is 0.419. The van der Waals surface area contributed by atoms with Crippen LogP contribution in [0.4, 0.5) is 0 Å². The molecule has 2 aliphatic rings. The van der Waals surface area contributed by atoms with Gasteiger partial charge in [-0.05, 0) is 19.4 Å². The van der Waals surface area contributed by atoms with E-state index in [0.29, 0.717) is 6.54 Å². The molecule has 2 rings (SSSR count). The minimum Gasteiger partial charge on any atom is -0.391 e. The first-order chi connectivity index (χ1) is 5.70. The van der Waals surface area contributed by atoms with Gasteiger partial charge in [0.15, 0.2) is 0 Å². The Kier molecular flexibility index (Phi) is 2.08. The van der Waals surface area contributed by atoms with Crippen LogP contribution in [0.2, 0.25) is 0 Å². The summed E-state index contributed by atoms with van der Waals surface area (Å²) in [6.45, 7) is 1.39. The lowest BCUT2D eigenvalue weighted by molar-refractivity contribution is -0.0282. The predicted octanol–water partition coefficient (Wildman–Crippen LogP) is -1.45. The minimum absolute atomic E-state index is 0.228. The molecule has 2 heterocycles. The molecule has 0 aromatic heterocycles. The molecule has 70 valence electrons. The van der Waals surface area contributed by atoms with Crippen LogP contribution in [0, 0.1) is 0 Å². The average Bonchev–Trinajstić information content (AvgIpc) is 2.29. The van der Waals surface area contributed by atoms with Crippen LogP contribution < -0.4 is 0 Å². The van der Waals surface area contributed by atoms with Gasteiger partial charge in [0.1, 0.15) is 0 Å². The third kappa shape index (κ3) is 1.15. The van der Waals surface area contributed by atoms with Crippen LogP contribution in [-0.2, 0) is 0 Å². The Morgan fingerprint density at radius 3 is 2.50 bits per heavy atom. The van der Waals surface area contributed by atoms with Gasteiger partial charge in [0, 0.05) is 6.54 Å². The van der Waals surface area contributed by atoms with Crippen molar-refractivity contribution in [3.63, 3.8) is 0 Å². The fourth-order valence-corrected chi connectivity index (χ4v) is 2.30. The van der Waals surface area contributed by atoms with Gasteiger partial charge < -0.3 is 15.3 Å². The van der Waals surface area contributed by atoms with Crippen molar-refractivity contribution in [3.8, 4) is 0 Å². The van der Waals surface area contributed by atoms with Gasteiger partial charge in [-0.1, -0.05) is 0 Å². The summed E-state index contributed by atoms with van der Waals surface area (Å²) in [5.41, 5.74) is 0. The van der Waals surface area contributed by atoms with Crippen molar-refractivity contribution in [3.05, 3.63) is 0 Å². The monoisotopic (exact) mass is 173 g/mol. The Hall–Kier alpha value is -0.160. The standard InChI is InChI=1S/C8H15NO3/c10-5-2-1-3-9-4-6(11)8(12)7(5)9/h5-8,10-12H,1-4H2/t5-,6-,7-,8+/m1/s1. The van der Waals surface area contributed by atoms with Crippen LogP contribution >= 0.6 is 0 Å². The van der Waals surface area contributed by atoms with Gasteiger partial charge in [0.25, 0.3) is 0 Å². The van der Waals surface area contributed by atoms with E-state index in [4.69, 9.17) is 0 Å². The number of fused-ring (bicyclic) bond motifs is 1. The molecule has 0 aliphatic carbocycles. The Morgan fingerprint density at radius 2 is 1.83 bits per heavy atom. The van der Waals surface area contributed by atoms with Crippen LogP contribution in [0.3, 0.4) is 0 Å². The van der Waals surface area contributed by atoms with E-state index in [9.17, 15) is 15.3 Å². The van der Waals surface area contributed by atoms with E-state index in [0.717, 1.165) is 19.4 Å². The predicted molar refractivity (Wildman–Crippen MR) is 42.6 cm³/mol. The fourth-order valence-electron chi connectivity index (χ4n) is 2.30. The fraction of sp³-hybridized carbons (Fsp3) is 1.00. The summed E-state index contributed by atoms with van der Waals surface area (Å²) in [6.07, 6.45) is -0.212. The lowest BCUT2D eigenvalue weighted by Gasteiger charge is -2.34. The number of rotatable bonds is 0. The van der Waals surface area contributed by atoms with Gasteiger partial charge in [-0.3, -0.25) is 4.90 Å². The Morgan fingerprint density at radius 1 is 1.08 bits per heavy atom. The lowest BCUT2D eigenvalue weighted by atomic mass is 9.97. The number of piperidine rings is 1. The minimum atomic E-state index is -0.764. The summed E-state index contributed by atoms with van der Waals surface area (Å²) < 4.78 is 0. The van der Waals surface area contributed by atoms with Gasteiger partial charge in [0.05, 0.1) is 24.4 Å². The number of hydrogen-bond donors (Lipinski definition) is 3. The van der Waals surface area contributed by atoms with Gasteiger partial charge in [0.2, 0.25) is 0 Å². The van der Waals surface area contributed by atoms with E-state index >= 15 is 0 Å². The molecule has 12 heavy (non-hydrogen) atoms. The maximum atomic E-state index is 9.55. The Labute approximate surface area is 71.4 Å². The van der Waals surface area contributed by atoms with Crippen LogP contribution in [0.25, 0.3) is 0 Å². The maximum Gasteiger partial charge on any atom is 0.0991 e. The van der Waals surface area contributed by atoms with Crippen molar-refractivity contribution in [1.82, 2.24) is 4.90 Å². The molecule has 0 unspecified atom stereocenters. The highest BCUT2D eigenvalue weighted by atomic mass is 16.3. The number of hydrogen-bond acceptors (Lipinski definition) is 4. The summed E-state index contributed by atoms with van der Waals surface area (Å²) in [7, 11) is 0. The van der Waals surface area contributed by atoms with Crippen LogP contribution in [-0.4, -0.2) is 57.7 Å². The average molecular weight is 173 g/mol. The summed E-state index contributed by atoms with van der Waals surface area (Å²) in [6, 6.07) is -0.228. The second-order valence-electron chi connectivity index (χ2n) is 3.75. The van der Waals surface area contributed by atoms with Crippen LogP contribution in [0.15, 0.2) is 0 Å². The second-order valence-corrected chi connectivity index (χ2v) is 3.75. The van der Waals surface area contributed by atoms with E-state index in [1.807, 2.05) is 4.90 Å². The molecular formula is C8H15NO3. The van der Waals surface area contributed by atoms with Gasteiger partial charge in [-0.15, -0.1) is 0 Å². The number of aliphatic hydroxyl groups excluding tert-OH is 3. The first kappa shape index (κ1) is 8.44. The van der Waals surface area contributed by atoms with E-state index in [2.05, 4.69) is 0 Å². The van der Waals surface area contributed by atoms with E-state index in [1.54, 1.807) is 0 Å². The van der Waals surface area contributed by atoms with Crippen LogP contribution in [0.5, 0.6) is 0 Å². The molecule has 2 saturated heterocycles. The molecule has 0 aromatic rings. The molecule has 0 aromatic carbocycles. The highest BCUT2D eigenvalue weighted by molar-refractivity contribution is 4.99. The van der Waals surface area contributed by atoms with Crippen molar-refractivity contribution >= 4 is 0 Å². The topological polar surface area (TPSA) is 63.9 Å². The SMILES string of the molecule is O[C@@H]1[C@H]2[C@H](O)CCCN2C[C@H]1O. The molecule has 4 heteroatoms. The molecule has 4 atom stereocenters. The first-order valence-corrected chi connectivity index (χ1v) is 4.48. The molecule has 4 nitrogen and oxygen atoms in total. The molecule has 0 bridgehead atoms. The first-order valence-electron chi connectivity index (χ1n) is 4.48. The molecule has 2 fully saturated rings. The highest BCUT2D eigenvalue weighted by Crippen LogP contribution is 2.27. The summed E-state index contributed by atoms with van der Waals surface area (Å²) in [5, 5.41) is 28.4. The lowest BCUT2D eigenvalue weighted by Crippen LogP contribution is -2.48. The third-order valence-electron chi connectivity index (χ3n) is 2.93. The molecule has 3 N–H and O–H groups in total. The van der Waals surface area contributed by atoms with Crippen molar-refractivity contribution in [2.45, 2.75) is 37.2 Å². The van der Waals surface area contributed by atoms with Crippen molar-refractivity contribution < 1.29 is 15.3 Å². The van der Waals surface area contributed by atoms with Crippen molar-refractivity contribution in [2.24, 2.45) is 0 Å². The maximum absolute atomic E-state index is 9.55. The molecule has 0 amide bonds. The molecule has 0 spiro atoms. The molecule has 0 saturated carbocycles. The third-order valence-corrected chi connectivity index (χ3v) is 2.93. The normalized spacial score (nSPS) is 49.2. The van der Waals surface area contributed by atoms with Gasteiger partial charge in [-0.2, -0.15) is 0 Å².